The maximum atomic E-state index is 12.3. The Hall–Kier alpha value is -1.32. The van der Waals surface area contributed by atoms with E-state index in [-0.39, 0.29) is 0 Å². The summed E-state index contributed by atoms with van der Waals surface area (Å²) in [7, 11) is 0. The van der Waals surface area contributed by atoms with Crippen LogP contribution in [0.15, 0.2) is 24.3 Å². The van der Waals surface area contributed by atoms with Gasteiger partial charge >= 0.3 is 0 Å². The molecule has 0 aliphatic rings. The first kappa shape index (κ1) is 12.7. The first-order valence-corrected chi connectivity index (χ1v) is 5.41. The van der Waals surface area contributed by atoms with E-state index < -0.39 is 12.5 Å². The van der Waals surface area contributed by atoms with E-state index in [4.69, 9.17) is 4.74 Å². The van der Waals surface area contributed by atoms with E-state index in [1.165, 1.54) is 6.92 Å². The Balaban J connectivity index is 2.51. The molecule has 0 aromatic heterocycles. The van der Waals surface area contributed by atoms with Gasteiger partial charge in [-0.25, -0.2) is 8.78 Å². The number of ether oxygens (including phenoxy) is 1. The molecule has 0 amide bonds. The zero-order valence-electron chi connectivity index (χ0n) is 9.54. The highest BCUT2D eigenvalue weighted by Gasteiger charge is 2.13. The van der Waals surface area contributed by atoms with Crippen LogP contribution in [0, 0.1) is 0 Å². The lowest BCUT2D eigenvalue weighted by Crippen LogP contribution is -2.23. The van der Waals surface area contributed by atoms with Crippen molar-refractivity contribution in [2.75, 3.05) is 11.9 Å². The van der Waals surface area contributed by atoms with Crippen LogP contribution in [0.2, 0.25) is 0 Å². The molecular weight excluding hydrogens is 212 g/mol. The Labute approximate surface area is 94.6 Å². The molecule has 0 spiro atoms. The summed E-state index contributed by atoms with van der Waals surface area (Å²) in [6.07, 6.45) is -1.42. The highest BCUT2D eigenvalue weighted by molar-refractivity contribution is 5.47. The van der Waals surface area contributed by atoms with Crippen molar-refractivity contribution in [2.45, 2.75) is 32.7 Å². The first-order valence-electron chi connectivity index (χ1n) is 5.41. The minimum atomic E-state index is -2.36. The number of anilines is 1. The second-order valence-electron chi connectivity index (χ2n) is 3.64. The number of rotatable bonds is 6. The standard InChI is InChI=1S/C12H17F2NO/c1-3-8-16-11-6-4-10(5-7-11)15-9(2)12(13)14/h4-7,9,12,15H,3,8H2,1-2H3. The summed E-state index contributed by atoms with van der Waals surface area (Å²) in [6.45, 7) is 4.15. The lowest BCUT2D eigenvalue weighted by Gasteiger charge is -2.14. The number of hydrogen-bond donors (Lipinski definition) is 1. The average Bonchev–Trinajstić information content (AvgIpc) is 2.28. The zero-order valence-corrected chi connectivity index (χ0v) is 9.54. The van der Waals surface area contributed by atoms with E-state index in [1.54, 1.807) is 24.3 Å². The highest BCUT2D eigenvalue weighted by Crippen LogP contribution is 2.17. The predicted octanol–water partition coefficient (Wildman–Crippen LogP) is 3.54. The molecule has 1 aromatic rings. The molecule has 16 heavy (non-hydrogen) atoms. The van der Waals surface area contributed by atoms with Crippen molar-refractivity contribution in [3.63, 3.8) is 0 Å². The van der Waals surface area contributed by atoms with Gasteiger partial charge in [0.15, 0.2) is 0 Å². The molecule has 0 bridgehead atoms. The maximum Gasteiger partial charge on any atom is 0.258 e. The third kappa shape index (κ3) is 4.04. The van der Waals surface area contributed by atoms with E-state index >= 15 is 0 Å². The lowest BCUT2D eigenvalue weighted by atomic mass is 10.2. The fourth-order valence-corrected chi connectivity index (χ4v) is 1.19. The van der Waals surface area contributed by atoms with Gasteiger partial charge in [-0.15, -0.1) is 0 Å². The summed E-state index contributed by atoms with van der Waals surface area (Å²) in [4.78, 5) is 0. The molecule has 0 radical (unpaired) electrons. The SMILES string of the molecule is CCCOc1ccc(NC(C)C(F)F)cc1. The Morgan fingerprint density at radius 1 is 1.25 bits per heavy atom. The van der Waals surface area contributed by atoms with Crippen molar-refractivity contribution >= 4 is 5.69 Å². The Bertz CT molecular complexity index is 300. The van der Waals surface area contributed by atoms with E-state index in [0.29, 0.717) is 12.3 Å². The molecule has 90 valence electrons. The van der Waals surface area contributed by atoms with Crippen molar-refractivity contribution in [1.82, 2.24) is 0 Å². The molecule has 1 rings (SSSR count). The second kappa shape index (κ2) is 6.30. The van der Waals surface area contributed by atoms with Crippen LogP contribution in [0.25, 0.3) is 0 Å². The van der Waals surface area contributed by atoms with Crippen LogP contribution in [0.3, 0.4) is 0 Å². The van der Waals surface area contributed by atoms with Crippen molar-refractivity contribution in [2.24, 2.45) is 0 Å². The smallest absolute Gasteiger partial charge is 0.258 e. The monoisotopic (exact) mass is 229 g/mol. The topological polar surface area (TPSA) is 21.3 Å². The molecule has 1 atom stereocenters. The Morgan fingerprint density at radius 3 is 2.38 bits per heavy atom. The van der Waals surface area contributed by atoms with Crippen LogP contribution < -0.4 is 10.1 Å². The molecule has 1 aromatic carbocycles. The number of alkyl halides is 2. The van der Waals surface area contributed by atoms with Gasteiger partial charge in [-0.2, -0.15) is 0 Å². The lowest BCUT2D eigenvalue weighted by molar-refractivity contribution is 0.131. The third-order valence-corrected chi connectivity index (χ3v) is 2.10. The average molecular weight is 229 g/mol. The zero-order chi connectivity index (χ0) is 12.0. The van der Waals surface area contributed by atoms with E-state index in [2.05, 4.69) is 5.32 Å². The van der Waals surface area contributed by atoms with Gasteiger partial charge in [0, 0.05) is 5.69 Å². The summed E-state index contributed by atoms with van der Waals surface area (Å²) in [5.74, 6) is 0.761. The summed E-state index contributed by atoms with van der Waals surface area (Å²) in [5.41, 5.74) is 0.677. The van der Waals surface area contributed by atoms with Crippen molar-refractivity contribution in [3.05, 3.63) is 24.3 Å². The largest absolute Gasteiger partial charge is 0.494 e. The normalized spacial score (nSPS) is 12.6. The molecule has 0 saturated heterocycles. The quantitative estimate of drug-likeness (QED) is 0.805. The number of halogens is 2. The molecule has 1 N–H and O–H groups in total. The van der Waals surface area contributed by atoms with Crippen LogP contribution >= 0.6 is 0 Å². The number of nitrogens with one attached hydrogen (secondary N) is 1. The summed E-state index contributed by atoms with van der Waals surface area (Å²) < 4.78 is 29.9. The van der Waals surface area contributed by atoms with Gasteiger partial charge in [0.05, 0.1) is 12.6 Å². The van der Waals surface area contributed by atoms with Gasteiger partial charge < -0.3 is 10.1 Å². The second-order valence-corrected chi connectivity index (χ2v) is 3.64. The van der Waals surface area contributed by atoms with Crippen LogP contribution in [-0.2, 0) is 0 Å². The van der Waals surface area contributed by atoms with Crippen LogP contribution in [-0.4, -0.2) is 19.1 Å². The minimum absolute atomic E-state index is 0.667. The van der Waals surface area contributed by atoms with Gasteiger partial charge in [-0.3, -0.25) is 0 Å². The molecule has 0 heterocycles. The van der Waals surface area contributed by atoms with E-state index in [1.807, 2.05) is 6.92 Å². The van der Waals surface area contributed by atoms with Crippen LogP contribution in [0.1, 0.15) is 20.3 Å². The predicted molar refractivity (Wildman–Crippen MR) is 61.3 cm³/mol. The number of benzene rings is 1. The first-order chi connectivity index (χ1) is 7.63. The van der Waals surface area contributed by atoms with Gasteiger partial charge in [0.2, 0.25) is 0 Å². The number of hydrogen-bond acceptors (Lipinski definition) is 2. The molecule has 0 aliphatic carbocycles. The molecule has 1 unspecified atom stereocenters. The van der Waals surface area contributed by atoms with E-state index in [9.17, 15) is 8.78 Å². The van der Waals surface area contributed by atoms with Gasteiger partial charge in [0.25, 0.3) is 6.43 Å². The summed E-state index contributed by atoms with van der Waals surface area (Å²) in [6, 6.07) is 6.18. The fourth-order valence-electron chi connectivity index (χ4n) is 1.19. The molecule has 4 heteroatoms. The molecule has 2 nitrogen and oxygen atoms in total. The summed E-state index contributed by atoms with van der Waals surface area (Å²) in [5, 5.41) is 2.72. The highest BCUT2D eigenvalue weighted by atomic mass is 19.3. The fraction of sp³-hybridized carbons (Fsp3) is 0.500. The summed E-state index contributed by atoms with van der Waals surface area (Å²) >= 11 is 0. The van der Waals surface area contributed by atoms with Crippen molar-refractivity contribution in [3.8, 4) is 5.75 Å². The molecule has 0 saturated carbocycles. The minimum Gasteiger partial charge on any atom is -0.494 e. The Morgan fingerprint density at radius 2 is 1.88 bits per heavy atom. The maximum absolute atomic E-state index is 12.3. The van der Waals surface area contributed by atoms with Gasteiger partial charge in [0.1, 0.15) is 5.75 Å². The van der Waals surface area contributed by atoms with Crippen LogP contribution in [0.5, 0.6) is 5.75 Å². The van der Waals surface area contributed by atoms with E-state index in [0.717, 1.165) is 12.2 Å². The molecule has 0 fully saturated rings. The molecule has 0 aliphatic heterocycles. The third-order valence-electron chi connectivity index (χ3n) is 2.10. The molecular formula is C12H17F2NO. The van der Waals surface area contributed by atoms with Crippen LogP contribution in [0.4, 0.5) is 14.5 Å². The van der Waals surface area contributed by atoms with Gasteiger partial charge in [-0.05, 0) is 37.6 Å². The van der Waals surface area contributed by atoms with Crippen molar-refractivity contribution in [1.29, 1.82) is 0 Å². The van der Waals surface area contributed by atoms with Crippen molar-refractivity contribution < 1.29 is 13.5 Å². The Kier molecular flexibility index (Phi) is 5.02. The van der Waals surface area contributed by atoms with Gasteiger partial charge in [-0.1, -0.05) is 6.92 Å².